The average molecular weight is 357 g/mol. The summed E-state index contributed by atoms with van der Waals surface area (Å²) in [7, 11) is 0. The minimum Gasteiger partial charge on any atom is -0.374 e. The lowest BCUT2D eigenvalue weighted by molar-refractivity contribution is -0.0113. The first-order valence-electron chi connectivity index (χ1n) is 8.95. The van der Waals surface area contributed by atoms with Gasteiger partial charge in [0.2, 0.25) is 0 Å². The number of amides is 2. The number of hydrogen-bond acceptors (Lipinski definition) is 4. The first kappa shape index (κ1) is 16.5. The molecule has 2 amide bonds. The van der Waals surface area contributed by atoms with Crippen molar-refractivity contribution in [3.05, 3.63) is 47.0 Å². The van der Waals surface area contributed by atoms with Crippen molar-refractivity contribution >= 4 is 22.5 Å². The van der Waals surface area contributed by atoms with E-state index in [1.54, 1.807) is 0 Å². The number of carbonyl (C=O) groups is 1. The molecule has 1 atom stereocenters. The van der Waals surface area contributed by atoms with Gasteiger partial charge in [-0.15, -0.1) is 11.3 Å². The molecule has 5 nitrogen and oxygen atoms in total. The Morgan fingerprint density at radius 3 is 2.92 bits per heavy atom. The van der Waals surface area contributed by atoms with Gasteiger partial charge >= 0.3 is 6.03 Å². The van der Waals surface area contributed by atoms with Crippen LogP contribution in [-0.4, -0.2) is 41.7 Å². The Kier molecular flexibility index (Phi) is 4.99. The molecule has 6 heteroatoms. The summed E-state index contributed by atoms with van der Waals surface area (Å²) in [6, 6.07) is 10.2. The molecule has 132 valence electrons. The number of thiazole rings is 1. The van der Waals surface area contributed by atoms with Crippen LogP contribution in [0.4, 0.5) is 9.93 Å². The number of morpholine rings is 1. The Bertz CT molecular complexity index is 714. The number of nitrogens with zero attached hydrogens (tertiary/aromatic N) is 2. The molecule has 1 N–H and O–H groups in total. The van der Waals surface area contributed by atoms with Crippen LogP contribution < -0.4 is 5.32 Å². The van der Waals surface area contributed by atoms with Crippen LogP contribution in [0.2, 0.25) is 0 Å². The molecule has 1 saturated heterocycles. The molecule has 25 heavy (non-hydrogen) atoms. The number of nitrogens with one attached hydrogen (secondary N) is 1. The van der Waals surface area contributed by atoms with E-state index < -0.39 is 0 Å². The Morgan fingerprint density at radius 2 is 2.16 bits per heavy atom. The minimum absolute atomic E-state index is 0.0451. The quantitative estimate of drug-likeness (QED) is 0.903. The molecule has 0 radical (unpaired) electrons. The van der Waals surface area contributed by atoms with Crippen molar-refractivity contribution < 1.29 is 9.53 Å². The maximum Gasteiger partial charge on any atom is 0.323 e. The summed E-state index contributed by atoms with van der Waals surface area (Å²) in [5.41, 5.74) is 2.37. The van der Waals surface area contributed by atoms with Crippen LogP contribution in [0.1, 0.15) is 36.4 Å². The van der Waals surface area contributed by atoms with Crippen molar-refractivity contribution in [3.8, 4) is 0 Å². The van der Waals surface area contributed by atoms with E-state index in [0.717, 1.165) is 12.1 Å². The lowest BCUT2D eigenvalue weighted by Gasteiger charge is -2.32. The predicted molar refractivity (Wildman–Crippen MR) is 99.2 cm³/mol. The second-order valence-electron chi connectivity index (χ2n) is 6.76. The van der Waals surface area contributed by atoms with Gasteiger partial charge in [-0.1, -0.05) is 36.8 Å². The normalized spacial score (nSPS) is 21.0. The molecule has 0 bridgehead atoms. The molecule has 1 unspecified atom stereocenters. The van der Waals surface area contributed by atoms with Crippen molar-refractivity contribution in [2.75, 3.05) is 25.0 Å². The monoisotopic (exact) mass is 357 g/mol. The lowest BCUT2D eigenvalue weighted by atomic mass is 9.83. The standard InChI is InChI=1S/C19H23N3O2S/c23-19(21-18-20-17(13-25-18)15-7-4-8-15)22-9-10-24-16(12-22)11-14-5-2-1-3-6-14/h1-3,5-6,13,15-16H,4,7-12H2,(H,20,21,23). The molecular formula is C19H23N3O2S. The number of carbonyl (C=O) groups excluding carboxylic acids is 1. The number of urea groups is 1. The molecule has 0 spiro atoms. The average Bonchev–Trinajstić information content (AvgIpc) is 3.02. The van der Waals surface area contributed by atoms with Gasteiger partial charge in [0.25, 0.3) is 0 Å². The number of ether oxygens (including phenoxy) is 1. The molecule has 2 heterocycles. The minimum atomic E-state index is -0.0733. The molecule has 2 fully saturated rings. The second kappa shape index (κ2) is 7.54. The summed E-state index contributed by atoms with van der Waals surface area (Å²) in [6.45, 7) is 1.82. The van der Waals surface area contributed by atoms with E-state index in [1.165, 1.54) is 36.2 Å². The number of anilines is 1. The highest BCUT2D eigenvalue weighted by Crippen LogP contribution is 2.37. The Balaban J connectivity index is 1.32. The van der Waals surface area contributed by atoms with E-state index in [2.05, 4.69) is 27.8 Å². The molecule has 1 aliphatic carbocycles. The van der Waals surface area contributed by atoms with Crippen LogP contribution in [0.25, 0.3) is 0 Å². The first-order valence-corrected chi connectivity index (χ1v) is 9.83. The Morgan fingerprint density at radius 1 is 1.32 bits per heavy atom. The van der Waals surface area contributed by atoms with Gasteiger partial charge in [0.05, 0.1) is 18.4 Å². The van der Waals surface area contributed by atoms with Gasteiger partial charge in [-0.25, -0.2) is 9.78 Å². The van der Waals surface area contributed by atoms with Crippen LogP contribution >= 0.6 is 11.3 Å². The highest BCUT2D eigenvalue weighted by molar-refractivity contribution is 7.13. The zero-order valence-corrected chi connectivity index (χ0v) is 15.0. The summed E-state index contributed by atoms with van der Waals surface area (Å²) >= 11 is 1.52. The van der Waals surface area contributed by atoms with Crippen molar-refractivity contribution in [2.24, 2.45) is 0 Å². The fourth-order valence-corrected chi connectivity index (χ4v) is 4.09. The number of benzene rings is 1. The highest BCUT2D eigenvalue weighted by atomic mass is 32.1. The summed E-state index contributed by atoms with van der Waals surface area (Å²) < 4.78 is 5.84. The molecule has 1 saturated carbocycles. The summed E-state index contributed by atoms with van der Waals surface area (Å²) in [5, 5.41) is 5.75. The maximum absolute atomic E-state index is 12.6. The number of aromatic nitrogens is 1. The van der Waals surface area contributed by atoms with Crippen LogP contribution in [0.3, 0.4) is 0 Å². The molecule has 2 aromatic rings. The molecule has 4 rings (SSSR count). The third-order valence-electron chi connectivity index (χ3n) is 4.99. The predicted octanol–water partition coefficient (Wildman–Crippen LogP) is 3.89. The van der Waals surface area contributed by atoms with Crippen LogP contribution in [0, 0.1) is 0 Å². The van der Waals surface area contributed by atoms with Gasteiger partial charge in [0.15, 0.2) is 5.13 Å². The molecule has 1 aromatic heterocycles. The molecule has 1 aromatic carbocycles. The van der Waals surface area contributed by atoms with Gasteiger partial charge in [-0.3, -0.25) is 5.32 Å². The lowest BCUT2D eigenvalue weighted by Crippen LogP contribution is -2.48. The second-order valence-corrected chi connectivity index (χ2v) is 7.62. The maximum atomic E-state index is 12.6. The first-order chi connectivity index (χ1) is 12.3. The summed E-state index contributed by atoms with van der Waals surface area (Å²) in [6.07, 6.45) is 4.61. The Hall–Kier alpha value is -1.92. The van der Waals surface area contributed by atoms with Crippen LogP contribution in [-0.2, 0) is 11.2 Å². The summed E-state index contributed by atoms with van der Waals surface area (Å²) in [4.78, 5) is 19.0. The number of hydrogen-bond donors (Lipinski definition) is 1. The largest absolute Gasteiger partial charge is 0.374 e. The van der Waals surface area contributed by atoms with E-state index in [0.29, 0.717) is 30.7 Å². The Labute approximate surface area is 152 Å². The molecule has 1 aliphatic heterocycles. The van der Waals surface area contributed by atoms with E-state index in [9.17, 15) is 4.79 Å². The zero-order valence-electron chi connectivity index (χ0n) is 14.2. The van der Waals surface area contributed by atoms with Crippen molar-refractivity contribution in [1.82, 2.24) is 9.88 Å². The smallest absolute Gasteiger partial charge is 0.323 e. The van der Waals surface area contributed by atoms with Crippen molar-refractivity contribution in [1.29, 1.82) is 0 Å². The van der Waals surface area contributed by atoms with E-state index in [-0.39, 0.29) is 12.1 Å². The van der Waals surface area contributed by atoms with Gasteiger partial charge in [0.1, 0.15) is 0 Å². The number of rotatable bonds is 4. The molecule has 2 aliphatic rings. The van der Waals surface area contributed by atoms with Crippen LogP contribution in [0.15, 0.2) is 35.7 Å². The van der Waals surface area contributed by atoms with Crippen molar-refractivity contribution in [2.45, 2.75) is 37.7 Å². The highest BCUT2D eigenvalue weighted by Gasteiger charge is 2.26. The van der Waals surface area contributed by atoms with Gasteiger partial charge < -0.3 is 9.64 Å². The van der Waals surface area contributed by atoms with E-state index in [1.807, 2.05) is 23.1 Å². The topological polar surface area (TPSA) is 54.5 Å². The SMILES string of the molecule is O=C(Nc1nc(C2CCC2)cs1)N1CCOC(Cc2ccccc2)C1. The third-order valence-corrected chi connectivity index (χ3v) is 5.77. The summed E-state index contributed by atoms with van der Waals surface area (Å²) in [5.74, 6) is 0.598. The van der Waals surface area contributed by atoms with Crippen LogP contribution in [0.5, 0.6) is 0 Å². The fourth-order valence-electron chi connectivity index (χ4n) is 3.31. The fraction of sp³-hybridized carbons (Fsp3) is 0.474. The zero-order chi connectivity index (χ0) is 17.1. The van der Waals surface area contributed by atoms with Crippen molar-refractivity contribution in [3.63, 3.8) is 0 Å². The van der Waals surface area contributed by atoms with Gasteiger partial charge in [-0.2, -0.15) is 0 Å². The third kappa shape index (κ3) is 4.02. The van der Waals surface area contributed by atoms with E-state index in [4.69, 9.17) is 4.74 Å². The molecular weight excluding hydrogens is 334 g/mol. The van der Waals surface area contributed by atoms with E-state index >= 15 is 0 Å². The van der Waals surface area contributed by atoms with Gasteiger partial charge in [0, 0.05) is 30.8 Å². The van der Waals surface area contributed by atoms with Gasteiger partial charge in [-0.05, 0) is 18.4 Å².